The summed E-state index contributed by atoms with van der Waals surface area (Å²) in [6, 6.07) is 2.19. The van der Waals surface area contributed by atoms with Crippen LogP contribution in [0.1, 0.15) is 35.5 Å². The zero-order valence-electron chi connectivity index (χ0n) is 9.45. The highest BCUT2D eigenvalue weighted by Crippen LogP contribution is 2.08. The molecule has 0 saturated carbocycles. The molecule has 0 spiro atoms. The van der Waals surface area contributed by atoms with Gasteiger partial charge in [-0.15, -0.1) is 0 Å². The van der Waals surface area contributed by atoms with Crippen molar-refractivity contribution in [1.82, 2.24) is 15.8 Å². The maximum absolute atomic E-state index is 11.6. The predicted molar refractivity (Wildman–Crippen MR) is 59.2 cm³/mol. The first-order valence-electron chi connectivity index (χ1n) is 5.70. The maximum Gasteiger partial charge on any atom is 0.289 e. The summed E-state index contributed by atoms with van der Waals surface area (Å²) < 4.78 is 4.87. The molecule has 1 atom stereocenters. The van der Waals surface area contributed by atoms with E-state index in [2.05, 4.69) is 15.8 Å². The fraction of sp³-hybridized carbons (Fsp3) is 0.636. The zero-order valence-corrected chi connectivity index (χ0v) is 9.45. The molecule has 1 aliphatic heterocycles. The van der Waals surface area contributed by atoms with Crippen LogP contribution in [0.25, 0.3) is 0 Å². The van der Waals surface area contributed by atoms with Crippen molar-refractivity contribution in [3.8, 4) is 0 Å². The Balaban J connectivity index is 1.71. The lowest BCUT2D eigenvalue weighted by Crippen LogP contribution is -2.30. The van der Waals surface area contributed by atoms with Crippen LogP contribution in [0.15, 0.2) is 10.6 Å². The molecule has 1 fully saturated rings. The first-order chi connectivity index (χ1) is 7.75. The van der Waals surface area contributed by atoms with Crippen molar-refractivity contribution in [1.29, 1.82) is 0 Å². The van der Waals surface area contributed by atoms with E-state index in [4.69, 9.17) is 4.52 Å². The lowest BCUT2D eigenvalue weighted by Gasteiger charge is -2.09. The first kappa shape index (κ1) is 11.1. The van der Waals surface area contributed by atoms with Crippen LogP contribution in [-0.2, 0) is 0 Å². The van der Waals surface area contributed by atoms with E-state index in [0.717, 1.165) is 18.7 Å². The number of carbonyl (C=O) groups excluding carboxylic acids is 1. The predicted octanol–water partition coefficient (Wildman–Crippen LogP) is 0.855. The van der Waals surface area contributed by atoms with Crippen LogP contribution in [0, 0.1) is 6.92 Å². The summed E-state index contributed by atoms with van der Waals surface area (Å²) in [5.74, 6) is 0.107. The Kier molecular flexibility index (Phi) is 3.56. The summed E-state index contributed by atoms with van der Waals surface area (Å²) in [5.41, 5.74) is 0.725. The summed E-state index contributed by atoms with van der Waals surface area (Å²) in [7, 11) is 0. The topological polar surface area (TPSA) is 67.2 Å². The van der Waals surface area contributed by atoms with Gasteiger partial charge >= 0.3 is 0 Å². The summed E-state index contributed by atoms with van der Waals surface area (Å²) in [5, 5.41) is 9.89. The van der Waals surface area contributed by atoms with E-state index < -0.39 is 0 Å². The molecule has 2 N–H and O–H groups in total. The minimum atomic E-state index is -0.182. The van der Waals surface area contributed by atoms with Gasteiger partial charge < -0.3 is 15.2 Å². The molecule has 1 saturated heterocycles. The number of nitrogens with one attached hydrogen (secondary N) is 2. The van der Waals surface area contributed by atoms with Crippen molar-refractivity contribution >= 4 is 5.91 Å². The van der Waals surface area contributed by atoms with E-state index in [0.29, 0.717) is 12.6 Å². The molecule has 1 aromatic rings. The Morgan fingerprint density at radius 3 is 3.25 bits per heavy atom. The summed E-state index contributed by atoms with van der Waals surface area (Å²) in [6.45, 7) is 3.57. The fourth-order valence-electron chi connectivity index (χ4n) is 1.92. The number of rotatable bonds is 4. The molecule has 0 aliphatic carbocycles. The normalized spacial score (nSPS) is 19.9. The molecule has 88 valence electrons. The van der Waals surface area contributed by atoms with Crippen molar-refractivity contribution in [2.75, 3.05) is 13.1 Å². The minimum Gasteiger partial charge on any atom is -0.351 e. The first-order valence-corrected chi connectivity index (χ1v) is 5.70. The van der Waals surface area contributed by atoms with Gasteiger partial charge in [-0.25, -0.2) is 0 Å². The Morgan fingerprint density at radius 2 is 2.62 bits per heavy atom. The van der Waals surface area contributed by atoms with Crippen LogP contribution in [0.5, 0.6) is 0 Å². The van der Waals surface area contributed by atoms with Gasteiger partial charge in [0.2, 0.25) is 5.76 Å². The van der Waals surface area contributed by atoms with Gasteiger partial charge in [-0.3, -0.25) is 4.79 Å². The highest BCUT2D eigenvalue weighted by atomic mass is 16.5. The molecule has 16 heavy (non-hydrogen) atoms. The van der Waals surface area contributed by atoms with Gasteiger partial charge in [-0.1, -0.05) is 5.16 Å². The van der Waals surface area contributed by atoms with Gasteiger partial charge in [-0.2, -0.15) is 0 Å². The van der Waals surface area contributed by atoms with Crippen molar-refractivity contribution in [2.45, 2.75) is 32.2 Å². The van der Waals surface area contributed by atoms with Crippen LogP contribution in [0.2, 0.25) is 0 Å². The van der Waals surface area contributed by atoms with E-state index in [1.165, 1.54) is 12.8 Å². The van der Waals surface area contributed by atoms with E-state index in [1.807, 2.05) is 0 Å². The Labute approximate surface area is 94.6 Å². The van der Waals surface area contributed by atoms with Gasteiger partial charge in [0.15, 0.2) is 0 Å². The number of hydrogen-bond acceptors (Lipinski definition) is 4. The van der Waals surface area contributed by atoms with Gasteiger partial charge in [0.1, 0.15) is 0 Å². The zero-order chi connectivity index (χ0) is 11.4. The number of aromatic nitrogens is 1. The third-order valence-electron chi connectivity index (χ3n) is 2.79. The largest absolute Gasteiger partial charge is 0.351 e. The van der Waals surface area contributed by atoms with Gasteiger partial charge in [0, 0.05) is 18.7 Å². The quantitative estimate of drug-likeness (QED) is 0.794. The lowest BCUT2D eigenvalue weighted by atomic mass is 10.1. The van der Waals surface area contributed by atoms with Crippen LogP contribution in [0.3, 0.4) is 0 Å². The number of aryl methyl sites for hydroxylation is 1. The third kappa shape index (κ3) is 2.82. The molecule has 2 rings (SSSR count). The molecule has 2 heterocycles. The standard InChI is InChI=1S/C11H17N3O2/c1-8-7-10(16-14-8)11(15)13-6-4-9-3-2-5-12-9/h7,9,12H,2-6H2,1H3,(H,13,15)/t9-/m1/s1. The monoisotopic (exact) mass is 223 g/mol. The van der Waals surface area contributed by atoms with Crippen molar-refractivity contribution in [2.24, 2.45) is 0 Å². The molecule has 1 aliphatic rings. The van der Waals surface area contributed by atoms with Crippen molar-refractivity contribution in [3.63, 3.8) is 0 Å². The Bertz CT molecular complexity index is 356. The van der Waals surface area contributed by atoms with Crippen LogP contribution >= 0.6 is 0 Å². The van der Waals surface area contributed by atoms with Crippen LogP contribution < -0.4 is 10.6 Å². The molecule has 0 unspecified atom stereocenters. The van der Waals surface area contributed by atoms with Crippen molar-refractivity contribution < 1.29 is 9.32 Å². The highest BCUT2D eigenvalue weighted by molar-refractivity contribution is 5.91. The molecule has 0 aromatic carbocycles. The lowest BCUT2D eigenvalue weighted by molar-refractivity contribution is 0.0915. The van der Waals surface area contributed by atoms with Crippen molar-refractivity contribution in [3.05, 3.63) is 17.5 Å². The van der Waals surface area contributed by atoms with Gasteiger partial charge in [0.25, 0.3) is 5.91 Å². The molecule has 5 heteroatoms. The summed E-state index contributed by atoms with van der Waals surface area (Å²) in [6.07, 6.45) is 3.41. The van der Waals surface area contributed by atoms with Gasteiger partial charge in [-0.05, 0) is 32.7 Å². The molecule has 0 radical (unpaired) electrons. The SMILES string of the molecule is Cc1cc(C(=O)NCC[C@H]2CCCN2)on1. The number of amides is 1. The average Bonchev–Trinajstić information content (AvgIpc) is 2.89. The number of carbonyl (C=O) groups is 1. The highest BCUT2D eigenvalue weighted by Gasteiger charge is 2.15. The van der Waals surface area contributed by atoms with E-state index in [-0.39, 0.29) is 11.7 Å². The molecular formula is C11H17N3O2. The van der Waals surface area contributed by atoms with E-state index in [1.54, 1.807) is 13.0 Å². The van der Waals surface area contributed by atoms with Gasteiger partial charge in [0.05, 0.1) is 5.69 Å². The van der Waals surface area contributed by atoms with E-state index >= 15 is 0 Å². The third-order valence-corrected chi connectivity index (χ3v) is 2.79. The maximum atomic E-state index is 11.6. The number of hydrogen-bond donors (Lipinski definition) is 2. The van der Waals surface area contributed by atoms with E-state index in [9.17, 15) is 4.79 Å². The second-order valence-corrected chi connectivity index (χ2v) is 4.17. The van der Waals surface area contributed by atoms with Crippen LogP contribution in [0.4, 0.5) is 0 Å². The number of nitrogens with zero attached hydrogens (tertiary/aromatic N) is 1. The summed E-state index contributed by atoms with van der Waals surface area (Å²) >= 11 is 0. The fourth-order valence-corrected chi connectivity index (χ4v) is 1.92. The summed E-state index contributed by atoms with van der Waals surface area (Å²) in [4.78, 5) is 11.6. The Morgan fingerprint density at radius 1 is 1.75 bits per heavy atom. The molecule has 1 amide bonds. The second kappa shape index (κ2) is 5.12. The molecule has 0 bridgehead atoms. The average molecular weight is 223 g/mol. The Hall–Kier alpha value is -1.36. The molecule has 1 aromatic heterocycles. The molecule has 5 nitrogen and oxygen atoms in total. The minimum absolute atomic E-state index is 0.182. The second-order valence-electron chi connectivity index (χ2n) is 4.17. The smallest absolute Gasteiger partial charge is 0.289 e. The van der Waals surface area contributed by atoms with Crippen LogP contribution in [-0.4, -0.2) is 30.2 Å². The molecular weight excluding hydrogens is 206 g/mol.